The number of fused-ring (bicyclic) bond motifs is 23. The summed E-state index contributed by atoms with van der Waals surface area (Å²) in [4.78, 5) is 27.5. The van der Waals surface area contributed by atoms with Gasteiger partial charge in [0.1, 0.15) is 34.9 Å². The molecule has 0 bridgehead atoms. The molecule has 0 aliphatic carbocycles. The minimum absolute atomic E-state index is 0.645. The molecule has 0 saturated carbocycles. The van der Waals surface area contributed by atoms with E-state index in [1.54, 1.807) is 17.5 Å². The maximum Gasteiger partial charge on any atom is 0.227 e. The van der Waals surface area contributed by atoms with Crippen LogP contribution >= 0.6 is 34.0 Å². The zero-order valence-corrected chi connectivity index (χ0v) is 64.5. The van der Waals surface area contributed by atoms with Gasteiger partial charge in [0.25, 0.3) is 0 Å². The molecule has 0 fully saturated rings. The summed E-state index contributed by atoms with van der Waals surface area (Å²) in [5.41, 5.74) is 21.6. The van der Waals surface area contributed by atoms with Gasteiger partial charge in [0.2, 0.25) is 5.71 Å². The van der Waals surface area contributed by atoms with Crippen LogP contribution in [0.15, 0.2) is 387 Å². The van der Waals surface area contributed by atoms with E-state index >= 15 is 0 Å². The van der Waals surface area contributed by atoms with E-state index in [9.17, 15) is 0 Å². The topological polar surface area (TPSA) is 95.6 Å². The van der Waals surface area contributed by atoms with Gasteiger partial charge in [-0.15, -0.1) is 34.0 Å². The summed E-state index contributed by atoms with van der Waals surface area (Å²) < 4.78 is 18.1. The molecule has 0 aliphatic heterocycles. The van der Waals surface area contributed by atoms with Crippen molar-refractivity contribution in [2.45, 2.75) is 0 Å². The minimum Gasteiger partial charge on any atom is -0.437 e. The SMILES string of the molecule is c1ccc(-n2cnc3c4c(ccc5c6ccccc6sc54)c(-c4csc5ccccc45)cc32)cc1.c1ccc(-n2cnc3c4c(ccc5c6cccnc6oc54)c(-c4ccc5ccccc5c4)cc32)cc1.c1ccc(N(c2ccccc2)c2ccc(-c3cc4c(ncn4-c4ccccc4)c4c3ccc3c5cccnc5sc34)cc2)cc1. The Hall–Kier alpha value is -14.7. The number of hydrogen-bond donors (Lipinski definition) is 0. The van der Waals surface area contributed by atoms with Crippen molar-refractivity contribution in [3.63, 3.8) is 0 Å². The minimum atomic E-state index is 0.645. The van der Waals surface area contributed by atoms with E-state index in [-0.39, 0.29) is 0 Å². The Bertz CT molecular complexity index is 8110. The number of rotatable bonds is 9. The van der Waals surface area contributed by atoms with E-state index in [1.165, 1.54) is 94.7 Å². The number of nitrogens with zero attached hydrogens (tertiary/aromatic N) is 9. The molecular weight excluding hydrogens is 1480 g/mol. The quantitative estimate of drug-likeness (QED) is 0.142. The molecule has 0 aliphatic rings. The van der Waals surface area contributed by atoms with Gasteiger partial charge in [-0.1, -0.05) is 206 Å². The molecule has 9 aromatic heterocycles. The van der Waals surface area contributed by atoms with E-state index in [0.717, 1.165) is 116 Å². The van der Waals surface area contributed by atoms with Crippen molar-refractivity contribution in [2.24, 2.45) is 0 Å². The van der Waals surface area contributed by atoms with Crippen molar-refractivity contribution in [1.82, 2.24) is 38.6 Å². The van der Waals surface area contributed by atoms with Crippen LogP contribution in [0.1, 0.15) is 0 Å². The van der Waals surface area contributed by atoms with Crippen LogP contribution in [-0.2, 0) is 0 Å². The molecule has 0 saturated heterocycles. The summed E-state index contributed by atoms with van der Waals surface area (Å²) in [6.45, 7) is 0. The number of furan rings is 1. The molecule has 25 rings (SSSR count). The Balaban J connectivity index is 0.000000104. The predicted octanol–water partition coefficient (Wildman–Crippen LogP) is 28.8. The van der Waals surface area contributed by atoms with Crippen molar-refractivity contribution < 1.29 is 4.42 Å². The van der Waals surface area contributed by atoms with Crippen molar-refractivity contribution in [1.29, 1.82) is 0 Å². The number of aromatic nitrogens is 8. The van der Waals surface area contributed by atoms with E-state index in [0.29, 0.717) is 5.71 Å². The van der Waals surface area contributed by atoms with E-state index in [4.69, 9.17) is 24.4 Å². The van der Waals surface area contributed by atoms with Gasteiger partial charge in [-0.25, -0.2) is 24.9 Å². The molecule has 0 atom stereocenters. The van der Waals surface area contributed by atoms with Gasteiger partial charge in [0.15, 0.2) is 0 Å². The molecule has 16 aromatic carbocycles. The first-order valence-electron chi connectivity index (χ1n) is 38.6. The standard InChI is InChI=1S/C40H26N4S.C32H19N3O.C31H18N2S2/c1-4-11-28(12-5-1)43-26-42-38-36(43)25-35(32-22-23-33-34-17-10-24-41-40(34)45-39(33)37(32)38)27-18-20-31(21-19-27)44(29-13-6-2-7-14-29)30-15-8-3-9-16-30;1-2-9-23(10-3-1)35-19-34-30-28(35)18-27(22-13-12-20-7-4-5-8-21(20)17-22)24-14-15-25-26-11-6-16-33-32(26)36-31(25)29(24)30;1-2-8-19(9-3-1)33-18-32-30-26(33)16-24(25-17-34-27-12-6-4-11-21(25)27)22-14-15-23-20-10-5-7-13-28(20)35-31(23)29(22)30/h1-26H;1-19H;1-18H. The molecule has 544 valence electrons. The number of pyridine rings is 2. The molecule has 0 N–H and O–H groups in total. The Morgan fingerprint density at radius 2 is 0.733 bits per heavy atom. The third-order valence-electron chi connectivity index (χ3n) is 22.6. The molecular formula is C103H63N9OS3. The molecule has 116 heavy (non-hydrogen) atoms. The lowest BCUT2D eigenvalue weighted by Crippen LogP contribution is -2.09. The lowest BCUT2D eigenvalue weighted by molar-refractivity contribution is 0.658. The molecule has 9 heterocycles. The van der Waals surface area contributed by atoms with Gasteiger partial charge >= 0.3 is 0 Å². The third-order valence-corrected chi connectivity index (χ3v) is 25.9. The van der Waals surface area contributed by atoms with Crippen molar-refractivity contribution in [2.75, 3.05) is 4.90 Å². The van der Waals surface area contributed by atoms with Crippen LogP contribution in [0.25, 0.3) is 199 Å². The second-order valence-electron chi connectivity index (χ2n) is 29.1. The van der Waals surface area contributed by atoms with E-state index < -0.39 is 0 Å². The fourth-order valence-electron chi connectivity index (χ4n) is 17.2. The van der Waals surface area contributed by atoms with Crippen LogP contribution in [0.5, 0.6) is 0 Å². The summed E-state index contributed by atoms with van der Waals surface area (Å²) >= 11 is 5.44. The third kappa shape index (κ3) is 11.1. The Kier molecular flexibility index (Phi) is 15.9. The van der Waals surface area contributed by atoms with Gasteiger partial charge in [-0.05, 0) is 200 Å². The summed E-state index contributed by atoms with van der Waals surface area (Å²) in [6.07, 6.45) is 9.48. The highest BCUT2D eigenvalue weighted by Crippen LogP contribution is 2.50. The largest absolute Gasteiger partial charge is 0.437 e. The second-order valence-corrected chi connectivity index (χ2v) is 32.1. The van der Waals surface area contributed by atoms with Crippen LogP contribution in [-0.4, -0.2) is 38.6 Å². The number of anilines is 3. The molecule has 25 aromatic rings. The lowest BCUT2D eigenvalue weighted by atomic mass is 9.94. The van der Waals surface area contributed by atoms with Crippen molar-refractivity contribution >= 4 is 200 Å². The molecule has 0 unspecified atom stereocenters. The molecule has 13 heteroatoms. The van der Waals surface area contributed by atoms with Crippen LogP contribution < -0.4 is 4.90 Å². The average Bonchev–Trinajstić information content (AvgIpc) is 1.55. The highest BCUT2D eigenvalue weighted by atomic mass is 32.1. The molecule has 0 amide bonds. The zero-order chi connectivity index (χ0) is 76.3. The van der Waals surface area contributed by atoms with Gasteiger partial charge in [0.05, 0.1) is 33.0 Å². The maximum absolute atomic E-state index is 6.39. The first-order chi connectivity index (χ1) is 57.5. The smallest absolute Gasteiger partial charge is 0.227 e. The lowest BCUT2D eigenvalue weighted by Gasteiger charge is -2.25. The molecule has 0 radical (unpaired) electrons. The van der Waals surface area contributed by atoms with Crippen molar-refractivity contribution in [3.8, 4) is 50.4 Å². The zero-order valence-electron chi connectivity index (χ0n) is 62.0. The number of hydrogen-bond acceptors (Lipinski definition) is 10. The summed E-state index contributed by atoms with van der Waals surface area (Å²) in [5.74, 6) is 0. The fraction of sp³-hybridized carbons (Fsp3) is 0. The number of imidazole rings is 3. The molecule has 0 spiro atoms. The summed E-state index contributed by atoms with van der Waals surface area (Å²) in [7, 11) is 0. The highest BCUT2D eigenvalue weighted by Gasteiger charge is 2.25. The van der Waals surface area contributed by atoms with Gasteiger partial charge < -0.3 is 9.32 Å². The average molecular weight is 1540 g/mol. The fourth-order valence-corrected chi connectivity index (χ4v) is 20.6. The molecule has 10 nitrogen and oxygen atoms in total. The van der Waals surface area contributed by atoms with E-state index in [1.807, 2.05) is 72.1 Å². The number of benzene rings is 16. The highest BCUT2D eigenvalue weighted by molar-refractivity contribution is 7.27. The Morgan fingerprint density at radius 1 is 0.284 bits per heavy atom. The monoisotopic (exact) mass is 1540 g/mol. The van der Waals surface area contributed by atoms with Gasteiger partial charge in [-0.3, -0.25) is 13.7 Å². The predicted molar refractivity (Wildman–Crippen MR) is 488 cm³/mol. The maximum atomic E-state index is 6.39. The van der Waals surface area contributed by atoms with Gasteiger partial charge in [0, 0.05) is 119 Å². The number of thiophene rings is 3. The Labute approximate surface area is 675 Å². The first kappa shape index (κ1) is 67.0. The van der Waals surface area contributed by atoms with Crippen LogP contribution in [0.3, 0.4) is 0 Å². The van der Waals surface area contributed by atoms with Crippen LogP contribution in [0.4, 0.5) is 17.1 Å². The normalized spacial score (nSPS) is 11.8. The second kappa shape index (κ2) is 27.6. The first-order valence-corrected chi connectivity index (χ1v) is 41.1. The van der Waals surface area contributed by atoms with Crippen LogP contribution in [0, 0.1) is 0 Å². The van der Waals surface area contributed by atoms with Gasteiger partial charge in [-0.2, -0.15) is 0 Å². The number of para-hydroxylation sites is 5. The van der Waals surface area contributed by atoms with Crippen LogP contribution in [0.2, 0.25) is 0 Å². The summed E-state index contributed by atoms with van der Waals surface area (Å²) in [6, 6.07) is 122. The van der Waals surface area contributed by atoms with Crippen molar-refractivity contribution in [3.05, 3.63) is 383 Å². The summed E-state index contributed by atoms with van der Waals surface area (Å²) in [5, 5.41) is 20.2. The Morgan fingerprint density at radius 3 is 1.36 bits per heavy atom. The van der Waals surface area contributed by atoms with E-state index in [2.05, 4.69) is 350 Å².